The van der Waals surface area contributed by atoms with Crippen molar-refractivity contribution in [3.63, 3.8) is 0 Å². The minimum Gasteiger partial charge on any atom is -0.471 e. The molecule has 5 heteroatoms. The monoisotopic (exact) mass is 399 g/mol. The van der Waals surface area contributed by atoms with E-state index in [0.717, 1.165) is 27.7 Å². The van der Waals surface area contributed by atoms with Crippen LogP contribution in [0.3, 0.4) is 0 Å². The third kappa shape index (κ3) is 4.50. The number of nitrogens with zero attached hydrogens (tertiary/aromatic N) is 2. The van der Waals surface area contributed by atoms with Crippen LogP contribution in [0.25, 0.3) is 11.1 Å². The maximum absolute atomic E-state index is 6.05. The van der Waals surface area contributed by atoms with Gasteiger partial charge in [0.1, 0.15) is 6.61 Å². The van der Waals surface area contributed by atoms with E-state index in [1.807, 2.05) is 42.1 Å². The Kier molecular flexibility index (Phi) is 5.89. The third-order valence-electron chi connectivity index (χ3n) is 4.02. The Bertz CT molecular complexity index is 800. The van der Waals surface area contributed by atoms with Gasteiger partial charge in [-0.2, -0.15) is 0 Å². The normalized spacial score (nSPS) is 12.1. The summed E-state index contributed by atoms with van der Waals surface area (Å²) in [5.41, 5.74) is 3.22. The summed E-state index contributed by atoms with van der Waals surface area (Å²) in [6.45, 7) is 3.48. The predicted octanol–water partition coefficient (Wildman–Crippen LogP) is 4.67. The molecule has 1 atom stereocenters. The van der Waals surface area contributed by atoms with Crippen LogP contribution in [-0.4, -0.2) is 23.4 Å². The van der Waals surface area contributed by atoms with Gasteiger partial charge in [0.2, 0.25) is 5.88 Å². The average molecular weight is 400 g/mol. The number of hydrogen-bond acceptors (Lipinski definition) is 3. The summed E-state index contributed by atoms with van der Waals surface area (Å²) in [7, 11) is 1.95. The fraction of sp³-hybridized carbons (Fsp3) is 0.250. The molecule has 1 heterocycles. The van der Waals surface area contributed by atoms with Crippen molar-refractivity contribution in [1.82, 2.24) is 15.1 Å². The molecule has 0 spiro atoms. The molecular weight excluding hydrogens is 378 g/mol. The van der Waals surface area contributed by atoms with Crippen molar-refractivity contribution >= 4 is 15.9 Å². The maximum atomic E-state index is 6.05. The van der Waals surface area contributed by atoms with Crippen molar-refractivity contribution in [3.8, 4) is 17.0 Å². The molecule has 0 bridgehead atoms. The third-order valence-corrected chi connectivity index (χ3v) is 4.55. The maximum Gasteiger partial charge on any atom is 0.241 e. The molecule has 4 nitrogen and oxygen atoms in total. The average Bonchev–Trinajstić information content (AvgIpc) is 3.06. The summed E-state index contributed by atoms with van der Waals surface area (Å²) in [6.07, 6.45) is 2.06. The summed E-state index contributed by atoms with van der Waals surface area (Å²) in [5, 5.41) is 7.88. The Morgan fingerprint density at radius 2 is 1.84 bits per heavy atom. The molecule has 130 valence electrons. The molecule has 25 heavy (non-hydrogen) atoms. The van der Waals surface area contributed by atoms with Crippen LogP contribution in [0.1, 0.15) is 18.5 Å². The van der Waals surface area contributed by atoms with Crippen LogP contribution < -0.4 is 10.1 Å². The number of aromatic nitrogens is 2. The topological polar surface area (TPSA) is 39.1 Å². The lowest BCUT2D eigenvalue weighted by molar-refractivity contribution is 0.287. The molecule has 3 rings (SSSR count). The second-order valence-corrected chi connectivity index (χ2v) is 6.93. The van der Waals surface area contributed by atoms with E-state index < -0.39 is 0 Å². The van der Waals surface area contributed by atoms with Gasteiger partial charge in [-0.25, -0.2) is 0 Å². The number of nitrogens with one attached hydrogen (secondary N) is 1. The van der Waals surface area contributed by atoms with Crippen LogP contribution in [-0.2, 0) is 6.61 Å². The predicted molar refractivity (Wildman–Crippen MR) is 105 cm³/mol. The van der Waals surface area contributed by atoms with Gasteiger partial charge in [0.15, 0.2) is 0 Å². The van der Waals surface area contributed by atoms with Gasteiger partial charge < -0.3 is 10.1 Å². The lowest BCUT2D eigenvalue weighted by Gasteiger charge is -2.10. The van der Waals surface area contributed by atoms with Crippen molar-refractivity contribution in [1.29, 1.82) is 0 Å². The van der Waals surface area contributed by atoms with Crippen LogP contribution in [0, 0.1) is 0 Å². The largest absolute Gasteiger partial charge is 0.471 e. The molecule has 0 aliphatic rings. The summed E-state index contributed by atoms with van der Waals surface area (Å²) in [6, 6.07) is 18.6. The van der Waals surface area contributed by atoms with Gasteiger partial charge in [0, 0.05) is 17.2 Å². The van der Waals surface area contributed by atoms with E-state index in [1.165, 1.54) is 0 Å². The van der Waals surface area contributed by atoms with Crippen molar-refractivity contribution in [2.45, 2.75) is 19.6 Å². The van der Waals surface area contributed by atoms with Gasteiger partial charge in [-0.05, 0) is 37.2 Å². The van der Waals surface area contributed by atoms with Gasteiger partial charge in [0.25, 0.3) is 0 Å². The Morgan fingerprint density at radius 3 is 2.52 bits per heavy atom. The number of halogens is 1. The minimum absolute atomic E-state index is 0.244. The standard InChI is InChI=1S/C20H22BrN3O/c1-15(12-22-2)24-13-19(17-8-10-18(21)11-9-17)20(23-24)25-14-16-6-4-3-5-7-16/h3-11,13,15,22H,12,14H2,1-2H3. The summed E-state index contributed by atoms with van der Waals surface area (Å²) in [4.78, 5) is 0. The van der Waals surface area contributed by atoms with Gasteiger partial charge >= 0.3 is 0 Å². The first kappa shape index (κ1) is 17.7. The Labute approximate surface area is 157 Å². The lowest BCUT2D eigenvalue weighted by Crippen LogP contribution is -2.20. The first-order valence-corrected chi connectivity index (χ1v) is 9.13. The van der Waals surface area contributed by atoms with Crippen LogP contribution in [0.5, 0.6) is 5.88 Å². The van der Waals surface area contributed by atoms with E-state index >= 15 is 0 Å². The first-order valence-electron chi connectivity index (χ1n) is 8.34. The molecule has 1 N–H and O–H groups in total. The molecule has 0 amide bonds. The fourth-order valence-corrected chi connectivity index (χ4v) is 2.91. The molecule has 0 aliphatic carbocycles. The second kappa shape index (κ2) is 8.32. The van der Waals surface area contributed by atoms with Crippen molar-refractivity contribution in [2.24, 2.45) is 0 Å². The SMILES string of the molecule is CNCC(C)n1cc(-c2ccc(Br)cc2)c(OCc2ccccc2)n1. The van der Waals surface area contributed by atoms with E-state index in [2.05, 4.69) is 63.7 Å². The molecular formula is C20H22BrN3O. The van der Waals surface area contributed by atoms with Gasteiger partial charge in [-0.3, -0.25) is 4.68 Å². The van der Waals surface area contributed by atoms with E-state index in [4.69, 9.17) is 4.74 Å². The van der Waals surface area contributed by atoms with E-state index in [-0.39, 0.29) is 6.04 Å². The molecule has 0 radical (unpaired) electrons. The fourth-order valence-electron chi connectivity index (χ4n) is 2.65. The van der Waals surface area contributed by atoms with E-state index in [1.54, 1.807) is 0 Å². The van der Waals surface area contributed by atoms with Gasteiger partial charge in [-0.1, -0.05) is 58.4 Å². The zero-order valence-electron chi connectivity index (χ0n) is 14.4. The minimum atomic E-state index is 0.244. The molecule has 0 aliphatic heterocycles. The van der Waals surface area contributed by atoms with Crippen molar-refractivity contribution in [3.05, 3.63) is 70.8 Å². The van der Waals surface area contributed by atoms with E-state index in [0.29, 0.717) is 12.5 Å². The highest BCUT2D eigenvalue weighted by Gasteiger charge is 2.15. The van der Waals surface area contributed by atoms with Gasteiger partial charge in [0.05, 0.1) is 11.6 Å². The Balaban J connectivity index is 1.89. The number of likely N-dealkylation sites (N-methyl/N-ethyl adjacent to an activating group) is 1. The van der Waals surface area contributed by atoms with Crippen molar-refractivity contribution < 1.29 is 4.74 Å². The lowest BCUT2D eigenvalue weighted by atomic mass is 10.1. The van der Waals surface area contributed by atoms with E-state index in [9.17, 15) is 0 Å². The summed E-state index contributed by atoms with van der Waals surface area (Å²) in [5.74, 6) is 0.661. The summed E-state index contributed by atoms with van der Waals surface area (Å²) >= 11 is 3.49. The highest BCUT2D eigenvalue weighted by Crippen LogP contribution is 2.31. The zero-order chi connectivity index (χ0) is 17.6. The summed E-state index contributed by atoms with van der Waals surface area (Å²) < 4.78 is 9.07. The number of benzene rings is 2. The number of rotatable bonds is 7. The zero-order valence-corrected chi connectivity index (χ0v) is 16.0. The number of hydrogen-bond donors (Lipinski definition) is 1. The number of ether oxygens (including phenoxy) is 1. The van der Waals surface area contributed by atoms with Crippen LogP contribution in [0.15, 0.2) is 65.3 Å². The molecule has 1 unspecified atom stereocenters. The smallest absolute Gasteiger partial charge is 0.241 e. The highest BCUT2D eigenvalue weighted by molar-refractivity contribution is 9.10. The quantitative estimate of drug-likeness (QED) is 0.627. The van der Waals surface area contributed by atoms with Crippen LogP contribution >= 0.6 is 15.9 Å². The van der Waals surface area contributed by atoms with Crippen molar-refractivity contribution in [2.75, 3.05) is 13.6 Å². The molecule has 2 aromatic carbocycles. The van der Waals surface area contributed by atoms with Crippen LogP contribution in [0.2, 0.25) is 0 Å². The van der Waals surface area contributed by atoms with Crippen LogP contribution in [0.4, 0.5) is 0 Å². The first-order chi connectivity index (χ1) is 12.2. The van der Waals surface area contributed by atoms with Gasteiger partial charge in [-0.15, -0.1) is 5.10 Å². The Hall–Kier alpha value is -2.11. The molecule has 1 aromatic heterocycles. The molecule has 3 aromatic rings. The molecule has 0 saturated heterocycles. The molecule has 0 fully saturated rings. The highest BCUT2D eigenvalue weighted by atomic mass is 79.9. The second-order valence-electron chi connectivity index (χ2n) is 6.02. The Morgan fingerprint density at radius 1 is 1.12 bits per heavy atom. The molecule has 0 saturated carbocycles.